The van der Waals surface area contributed by atoms with E-state index in [1.54, 1.807) is 6.07 Å². The minimum Gasteiger partial charge on any atom is -0.342 e. The van der Waals surface area contributed by atoms with Crippen LogP contribution in [0.5, 0.6) is 0 Å². The predicted octanol–water partition coefficient (Wildman–Crippen LogP) is 3.45. The van der Waals surface area contributed by atoms with Gasteiger partial charge in [-0.05, 0) is 22.0 Å². The highest BCUT2D eigenvalue weighted by Crippen LogP contribution is 2.37. The molecule has 0 fully saturated rings. The smallest absolute Gasteiger partial charge is 0.312 e. The SMILES string of the molecule is CCc1nc2c([N+](=O)[O-])c(Br)c(Cl)cc2[nH]1. The van der Waals surface area contributed by atoms with E-state index in [4.69, 9.17) is 11.6 Å². The number of rotatable bonds is 2. The van der Waals surface area contributed by atoms with Crippen LogP contribution >= 0.6 is 27.5 Å². The van der Waals surface area contributed by atoms with Gasteiger partial charge in [-0.1, -0.05) is 18.5 Å². The summed E-state index contributed by atoms with van der Waals surface area (Å²) < 4.78 is 0.265. The number of aryl methyl sites for hydroxylation is 1. The number of H-pyrrole nitrogens is 1. The summed E-state index contributed by atoms with van der Waals surface area (Å²) in [6.07, 6.45) is 0.682. The molecule has 0 saturated carbocycles. The van der Waals surface area contributed by atoms with Gasteiger partial charge in [0.05, 0.1) is 15.5 Å². The van der Waals surface area contributed by atoms with Gasteiger partial charge in [0.2, 0.25) is 0 Å². The fourth-order valence-electron chi connectivity index (χ4n) is 1.46. The zero-order valence-electron chi connectivity index (χ0n) is 8.25. The van der Waals surface area contributed by atoms with Crippen molar-refractivity contribution in [2.45, 2.75) is 13.3 Å². The Bertz CT molecular complexity index is 582. The van der Waals surface area contributed by atoms with Crippen LogP contribution in [0.1, 0.15) is 12.7 Å². The van der Waals surface area contributed by atoms with Crippen molar-refractivity contribution in [1.29, 1.82) is 0 Å². The number of imidazole rings is 1. The van der Waals surface area contributed by atoms with Crippen LogP contribution in [0.25, 0.3) is 11.0 Å². The Labute approximate surface area is 104 Å². The summed E-state index contributed by atoms with van der Waals surface area (Å²) in [4.78, 5) is 17.6. The molecular weight excluding hydrogens is 297 g/mol. The van der Waals surface area contributed by atoms with Gasteiger partial charge in [-0.15, -0.1) is 0 Å². The third kappa shape index (κ3) is 1.68. The van der Waals surface area contributed by atoms with Crippen molar-refractivity contribution in [3.05, 3.63) is 31.5 Å². The fourth-order valence-corrected chi connectivity index (χ4v) is 2.11. The quantitative estimate of drug-likeness (QED) is 0.682. The molecule has 1 aromatic carbocycles. The van der Waals surface area contributed by atoms with Gasteiger partial charge in [-0.2, -0.15) is 0 Å². The van der Waals surface area contributed by atoms with Crippen molar-refractivity contribution < 1.29 is 4.92 Å². The molecule has 0 aliphatic rings. The van der Waals surface area contributed by atoms with Crippen LogP contribution in [0.3, 0.4) is 0 Å². The minimum atomic E-state index is -0.488. The van der Waals surface area contributed by atoms with Crippen LogP contribution in [0, 0.1) is 10.1 Å². The molecule has 0 radical (unpaired) electrons. The van der Waals surface area contributed by atoms with Gasteiger partial charge in [-0.25, -0.2) is 4.98 Å². The number of nitro groups is 1. The van der Waals surface area contributed by atoms with Gasteiger partial charge in [-0.3, -0.25) is 10.1 Å². The summed E-state index contributed by atoms with van der Waals surface area (Å²) in [5, 5.41) is 11.2. The number of aromatic amines is 1. The first-order chi connectivity index (χ1) is 7.54. The second-order valence-corrected chi connectivity index (χ2v) is 4.41. The molecule has 0 aliphatic carbocycles. The summed E-state index contributed by atoms with van der Waals surface area (Å²) in [6, 6.07) is 1.63. The third-order valence-electron chi connectivity index (χ3n) is 2.21. The molecule has 2 rings (SSSR count). The molecule has 0 amide bonds. The molecule has 84 valence electrons. The van der Waals surface area contributed by atoms with Crippen molar-refractivity contribution in [2.75, 3.05) is 0 Å². The lowest BCUT2D eigenvalue weighted by atomic mass is 10.3. The number of fused-ring (bicyclic) bond motifs is 1. The van der Waals surface area contributed by atoms with Crippen molar-refractivity contribution in [2.24, 2.45) is 0 Å². The number of hydrogen-bond donors (Lipinski definition) is 1. The Hall–Kier alpha value is -1.14. The topological polar surface area (TPSA) is 71.8 Å². The monoisotopic (exact) mass is 303 g/mol. The summed E-state index contributed by atoms with van der Waals surface area (Å²) in [6.45, 7) is 1.92. The largest absolute Gasteiger partial charge is 0.342 e. The number of benzene rings is 1. The molecule has 0 spiro atoms. The van der Waals surface area contributed by atoms with Gasteiger partial charge in [0.25, 0.3) is 0 Å². The van der Waals surface area contributed by atoms with Crippen molar-refractivity contribution in [3.8, 4) is 0 Å². The van der Waals surface area contributed by atoms with Gasteiger partial charge >= 0.3 is 5.69 Å². The summed E-state index contributed by atoms with van der Waals surface area (Å²) in [5.74, 6) is 0.701. The lowest BCUT2D eigenvalue weighted by Crippen LogP contribution is -1.92. The maximum Gasteiger partial charge on any atom is 0.312 e. The van der Waals surface area contributed by atoms with E-state index in [0.29, 0.717) is 28.3 Å². The van der Waals surface area contributed by atoms with Crippen LogP contribution < -0.4 is 0 Å². The second kappa shape index (κ2) is 4.03. The first-order valence-electron chi connectivity index (χ1n) is 4.55. The molecule has 0 bridgehead atoms. The average molecular weight is 305 g/mol. The van der Waals surface area contributed by atoms with Crippen LogP contribution in [0.2, 0.25) is 5.02 Å². The molecule has 0 aliphatic heterocycles. The van der Waals surface area contributed by atoms with E-state index in [1.807, 2.05) is 6.92 Å². The highest BCUT2D eigenvalue weighted by molar-refractivity contribution is 9.10. The molecule has 1 N–H and O–H groups in total. The van der Waals surface area contributed by atoms with Crippen LogP contribution in [0.15, 0.2) is 10.5 Å². The van der Waals surface area contributed by atoms with Gasteiger partial charge in [0.1, 0.15) is 10.3 Å². The standard InChI is InChI=1S/C9H7BrClN3O2/c1-2-6-12-5-3-4(11)7(10)9(14(15)16)8(5)13-6/h3H,2H2,1H3,(H,12,13). The number of hydrogen-bond acceptors (Lipinski definition) is 3. The first-order valence-corrected chi connectivity index (χ1v) is 5.72. The van der Waals surface area contributed by atoms with E-state index in [2.05, 4.69) is 25.9 Å². The normalized spacial score (nSPS) is 10.9. The maximum absolute atomic E-state index is 10.9. The number of nitrogens with one attached hydrogen (secondary N) is 1. The lowest BCUT2D eigenvalue weighted by molar-refractivity contribution is -0.384. The highest BCUT2D eigenvalue weighted by Gasteiger charge is 2.23. The number of aromatic nitrogens is 2. The third-order valence-corrected chi connectivity index (χ3v) is 3.54. The maximum atomic E-state index is 10.9. The summed E-state index contributed by atoms with van der Waals surface area (Å²) in [5.41, 5.74) is 0.813. The van der Waals surface area contributed by atoms with E-state index in [-0.39, 0.29) is 10.2 Å². The van der Waals surface area contributed by atoms with E-state index in [9.17, 15) is 10.1 Å². The van der Waals surface area contributed by atoms with E-state index in [1.165, 1.54) is 0 Å². The lowest BCUT2D eigenvalue weighted by Gasteiger charge is -1.98. The first kappa shape index (κ1) is 11.3. The van der Waals surface area contributed by atoms with Gasteiger partial charge in [0.15, 0.2) is 5.52 Å². The average Bonchev–Trinajstić information content (AvgIpc) is 2.61. The number of nitrogens with zero attached hydrogens (tertiary/aromatic N) is 2. The van der Waals surface area contributed by atoms with Crippen molar-refractivity contribution in [3.63, 3.8) is 0 Å². The molecule has 1 heterocycles. The second-order valence-electron chi connectivity index (χ2n) is 3.21. The number of nitro benzene ring substituents is 1. The molecule has 16 heavy (non-hydrogen) atoms. The minimum absolute atomic E-state index is 0.0987. The van der Waals surface area contributed by atoms with Crippen LogP contribution in [-0.2, 0) is 6.42 Å². The Balaban J connectivity index is 2.86. The number of halogens is 2. The summed E-state index contributed by atoms with van der Waals surface area (Å²) in [7, 11) is 0. The van der Waals surface area contributed by atoms with Crippen LogP contribution in [0.4, 0.5) is 5.69 Å². The Kier molecular flexibility index (Phi) is 2.86. The Morgan fingerprint density at radius 1 is 1.69 bits per heavy atom. The molecule has 2 aromatic rings. The van der Waals surface area contributed by atoms with Gasteiger partial charge in [0, 0.05) is 6.42 Å². The molecular formula is C9H7BrClN3O2. The van der Waals surface area contributed by atoms with E-state index >= 15 is 0 Å². The molecule has 0 unspecified atom stereocenters. The fraction of sp³-hybridized carbons (Fsp3) is 0.222. The molecule has 5 nitrogen and oxygen atoms in total. The predicted molar refractivity (Wildman–Crippen MR) is 64.8 cm³/mol. The Morgan fingerprint density at radius 2 is 2.38 bits per heavy atom. The van der Waals surface area contributed by atoms with Crippen molar-refractivity contribution >= 4 is 44.3 Å². The molecule has 7 heteroatoms. The Morgan fingerprint density at radius 3 is 2.94 bits per heavy atom. The molecule has 1 aromatic heterocycles. The zero-order valence-corrected chi connectivity index (χ0v) is 10.6. The van der Waals surface area contributed by atoms with E-state index < -0.39 is 4.92 Å². The zero-order chi connectivity index (χ0) is 11.9. The van der Waals surface area contributed by atoms with Gasteiger partial charge < -0.3 is 4.98 Å². The molecule has 0 atom stereocenters. The van der Waals surface area contributed by atoms with Crippen LogP contribution in [-0.4, -0.2) is 14.9 Å². The van der Waals surface area contributed by atoms with E-state index in [0.717, 1.165) is 0 Å². The highest BCUT2D eigenvalue weighted by atomic mass is 79.9. The van der Waals surface area contributed by atoms with Crippen molar-refractivity contribution in [1.82, 2.24) is 9.97 Å². The summed E-state index contributed by atoms with van der Waals surface area (Å²) >= 11 is 9.00. The molecule has 0 saturated heterocycles.